The van der Waals surface area contributed by atoms with Crippen molar-refractivity contribution in [3.8, 4) is 17.2 Å². The van der Waals surface area contributed by atoms with Gasteiger partial charge in [-0.3, -0.25) is 4.79 Å². The second-order valence-corrected chi connectivity index (χ2v) is 11.2. The van der Waals surface area contributed by atoms with E-state index in [1.165, 1.54) is 12.7 Å². The molecule has 1 unspecified atom stereocenters. The van der Waals surface area contributed by atoms with Crippen LogP contribution in [0.5, 0.6) is 17.2 Å². The molecule has 7 nitrogen and oxygen atoms in total. The molecule has 37 heavy (non-hydrogen) atoms. The summed E-state index contributed by atoms with van der Waals surface area (Å²) in [4.78, 5) is 12.4. The molecule has 0 N–H and O–H groups in total. The van der Waals surface area contributed by atoms with E-state index in [9.17, 15) is 13.2 Å². The predicted octanol–water partition coefficient (Wildman–Crippen LogP) is 4.72. The number of benzene rings is 3. The van der Waals surface area contributed by atoms with Gasteiger partial charge in [0.05, 0.1) is 27.1 Å². The molecule has 0 aromatic heterocycles. The van der Waals surface area contributed by atoms with Crippen LogP contribution in [0.1, 0.15) is 16.7 Å². The number of hydrogen-bond donors (Lipinski definition) is 0. The van der Waals surface area contributed by atoms with Crippen LogP contribution in [0, 0.1) is 0 Å². The summed E-state index contributed by atoms with van der Waals surface area (Å²) in [5.74, 6) is 2.29. The monoisotopic (exact) mass is 544 g/mol. The molecule has 3 aromatic rings. The highest BCUT2D eigenvalue weighted by Crippen LogP contribution is 2.22. The minimum atomic E-state index is -3.55. The lowest BCUT2D eigenvalue weighted by molar-refractivity contribution is -0.139. The lowest BCUT2D eigenvalue weighted by atomic mass is 10.1. The molecule has 0 aliphatic carbocycles. The van der Waals surface area contributed by atoms with Gasteiger partial charge in [0.1, 0.15) is 22.5 Å². The molecule has 3 aromatic carbocycles. The fourth-order valence-electron chi connectivity index (χ4n) is 3.56. The Kier molecular flexibility index (Phi) is 10.7. The van der Waals surface area contributed by atoms with Crippen molar-refractivity contribution in [3.63, 3.8) is 0 Å². The van der Waals surface area contributed by atoms with E-state index >= 15 is 0 Å². The van der Waals surface area contributed by atoms with Crippen LogP contribution in [0.25, 0.3) is 0 Å². The normalized spacial score (nSPS) is 12.0. The van der Waals surface area contributed by atoms with Crippen molar-refractivity contribution < 1.29 is 31.6 Å². The molecule has 0 radical (unpaired) electrons. The topological polar surface area (TPSA) is 88.1 Å². The Balaban J connectivity index is 1.46. The molecular formula is C28H32O7S2. The van der Waals surface area contributed by atoms with Gasteiger partial charge in [0.2, 0.25) is 0 Å². The maximum atomic E-state index is 12.4. The molecule has 0 amide bonds. The van der Waals surface area contributed by atoms with Crippen LogP contribution < -0.4 is 13.7 Å². The second-order valence-electron chi connectivity index (χ2n) is 8.36. The average molecular weight is 545 g/mol. The summed E-state index contributed by atoms with van der Waals surface area (Å²) in [6.07, 6.45) is 3.16. The molecule has 0 fully saturated rings. The molecule has 3 rings (SSSR count). The SMILES string of the molecule is COC(=O)C(Cc1ccc(CCOc2ccc(OS(C)(=O)=O)cc2)cc1)SCCc1ccc(OC)cc1. The summed E-state index contributed by atoms with van der Waals surface area (Å²) < 4.78 is 43.2. The molecule has 0 aliphatic rings. The summed E-state index contributed by atoms with van der Waals surface area (Å²) in [7, 11) is -0.478. The maximum absolute atomic E-state index is 12.4. The zero-order valence-electron chi connectivity index (χ0n) is 21.2. The van der Waals surface area contributed by atoms with Crippen molar-refractivity contribution >= 4 is 27.8 Å². The summed E-state index contributed by atoms with van der Waals surface area (Å²) in [5.41, 5.74) is 3.38. The molecule has 9 heteroatoms. The molecule has 0 heterocycles. The van der Waals surface area contributed by atoms with Gasteiger partial charge < -0.3 is 18.4 Å². The zero-order chi connectivity index (χ0) is 26.7. The number of hydrogen-bond acceptors (Lipinski definition) is 8. The predicted molar refractivity (Wildman–Crippen MR) is 146 cm³/mol. The third kappa shape index (κ3) is 10.0. The Morgan fingerprint density at radius 1 is 0.784 bits per heavy atom. The fraction of sp³-hybridized carbons (Fsp3) is 0.321. The number of carbonyl (C=O) groups excluding carboxylic acids is 1. The fourth-order valence-corrected chi connectivity index (χ4v) is 5.20. The summed E-state index contributed by atoms with van der Waals surface area (Å²) in [6, 6.07) is 22.6. The lowest BCUT2D eigenvalue weighted by Crippen LogP contribution is -2.22. The van der Waals surface area contributed by atoms with Gasteiger partial charge in [-0.25, -0.2) is 0 Å². The van der Waals surface area contributed by atoms with Crippen LogP contribution in [0.4, 0.5) is 0 Å². The van der Waals surface area contributed by atoms with Crippen molar-refractivity contribution in [2.75, 3.05) is 32.8 Å². The van der Waals surface area contributed by atoms with Crippen molar-refractivity contribution in [1.29, 1.82) is 0 Å². The Morgan fingerprint density at radius 2 is 1.32 bits per heavy atom. The van der Waals surface area contributed by atoms with Gasteiger partial charge in [-0.2, -0.15) is 8.42 Å². The lowest BCUT2D eigenvalue weighted by Gasteiger charge is -2.15. The summed E-state index contributed by atoms with van der Waals surface area (Å²) in [5, 5.41) is -0.271. The van der Waals surface area contributed by atoms with Gasteiger partial charge in [-0.1, -0.05) is 36.4 Å². The molecule has 0 bridgehead atoms. The van der Waals surface area contributed by atoms with E-state index in [0.29, 0.717) is 25.2 Å². The zero-order valence-corrected chi connectivity index (χ0v) is 22.8. The van der Waals surface area contributed by atoms with E-state index in [0.717, 1.165) is 35.3 Å². The molecule has 0 saturated carbocycles. The molecule has 0 spiro atoms. The highest BCUT2D eigenvalue weighted by molar-refractivity contribution is 8.00. The summed E-state index contributed by atoms with van der Waals surface area (Å²) in [6.45, 7) is 0.470. The third-order valence-corrected chi connectivity index (χ3v) is 7.20. The van der Waals surface area contributed by atoms with Crippen LogP contribution in [0.15, 0.2) is 72.8 Å². The number of ether oxygens (including phenoxy) is 3. The van der Waals surface area contributed by atoms with Crippen LogP contribution in [-0.4, -0.2) is 52.5 Å². The van der Waals surface area contributed by atoms with E-state index in [1.807, 2.05) is 48.5 Å². The van der Waals surface area contributed by atoms with Gasteiger partial charge in [0.25, 0.3) is 0 Å². The Hall–Kier alpha value is -3.17. The largest absolute Gasteiger partial charge is 0.497 e. The average Bonchev–Trinajstić information content (AvgIpc) is 2.89. The molecule has 0 saturated heterocycles. The first-order valence-electron chi connectivity index (χ1n) is 11.8. The maximum Gasteiger partial charge on any atom is 0.319 e. The Bertz CT molecular complexity index is 1220. The number of aryl methyl sites for hydroxylation is 1. The van der Waals surface area contributed by atoms with E-state index in [-0.39, 0.29) is 17.0 Å². The van der Waals surface area contributed by atoms with Gasteiger partial charge in [0.15, 0.2) is 0 Å². The summed E-state index contributed by atoms with van der Waals surface area (Å²) >= 11 is 1.61. The van der Waals surface area contributed by atoms with Gasteiger partial charge in [-0.15, -0.1) is 11.8 Å². The van der Waals surface area contributed by atoms with E-state index in [4.69, 9.17) is 18.4 Å². The first-order valence-corrected chi connectivity index (χ1v) is 14.6. The van der Waals surface area contributed by atoms with Gasteiger partial charge in [-0.05, 0) is 71.7 Å². The van der Waals surface area contributed by atoms with Gasteiger partial charge >= 0.3 is 16.1 Å². The standard InChI is InChI=1S/C28H32O7S2/c1-32-24-10-8-22(9-11-24)17-19-36-27(28(29)33-2)20-23-6-4-21(5-7-23)16-18-34-25-12-14-26(15-13-25)35-37(3,30)31/h4-15,27H,16-20H2,1-3H3. The number of methoxy groups -OCH3 is 2. The van der Waals surface area contributed by atoms with Crippen molar-refractivity contribution in [1.82, 2.24) is 0 Å². The number of rotatable bonds is 14. The van der Waals surface area contributed by atoms with E-state index < -0.39 is 10.1 Å². The van der Waals surface area contributed by atoms with Crippen molar-refractivity contribution in [2.45, 2.75) is 24.5 Å². The third-order valence-electron chi connectivity index (χ3n) is 5.51. The molecular weight excluding hydrogens is 512 g/mol. The highest BCUT2D eigenvalue weighted by Gasteiger charge is 2.20. The quantitative estimate of drug-likeness (QED) is 0.213. The molecule has 1 atom stereocenters. The van der Waals surface area contributed by atoms with Crippen molar-refractivity contribution in [2.24, 2.45) is 0 Å². The van der Waals surface area contributed by atoms with Crippen molar-refractivity contribution in [3.05, 3.63) is 89.5 Å². The highest BCUT2D eigenvalue weighted by atomic mass is 32.2. The van der Waals surface area contributed by atoms with Crippen LogP contribution in [0.2, 0.25) is 0 Å². The van der Waals surface area contributed by atoms with E-state index in [1.54, 1.807) is 43.1 Å². The number of carbonyl (C=O) groups is 1. The van der Waals surface area contributed by atoms with E-state index in [2.05, 4.69) is 0 Å². The molecule has 198 valence electrons. The Morgan fingerprint density at radius 3 is 1.92 bits per heavy atom. The second kappa shape index (κ2) is 13.9. The Labute approximate surface area is 223 Å². The minimum absolute atomic E-state index is 0.217. The number of thioether (sulfide) groups is 1. The first kappa shape index (κ1) is 28.4. The van der Waals surface area contributed by atoms with Crippen LogP contribution >= 0.6 is 11.8 Å². The van der Waals surface area contributed by atoms with Gasteiger partial charge in [0, 0.05) is 6.42 Å². The smallest absolute Gasteiger partial charge is 0.319 e. The number of esters is 1. The van der Waals surface area contributed by atoms with Crippen LogP contribution in [0.3, 0.4) is 0 Å². The minimum Gasteiger partial charge on any atom is -0.497 e. The first-order chi connectivity index (χ1) is 17.8. The molecule has 0 aliphatic heterocycles. The van der Waals surface area contributed by atoms with Crippen LogP contribution in [-0.2, 0) is 38.9 Å².